The highest BCUT2D eigenvalue weighted by Crippen LogP contribution is 2.30. The first-order chi connectivity index (χ1) is 7.94. The Morgan fingerprint density at radius 2 is 2.00 bits per heavy atom. The fourth-order valence-corrected chi connectivity index (χ4v) is 1.64. The van der Waals surface area contributed by atoms with E-state index in [1.807, 2.05) is 38.1 Å². The molecule has 0 aliphatic rings. The van der Waals surface area contributed by atoms with Crippen LogP contribution < -0.4 is 9.64 Å². The molecule has 17 heavy (non-hydrogen) atoms. The summed E-state index contributed by atoms with van der Waals surface area (Å²) in [7, 11) is 3.32. The summed E-state index contributed by atoms with van der Waals surface area (Å²) in [6.45, 7) is 3.66. The lowest BCUT2D eigenvalue weighted by molar-refractivity contribution is -0.125. The first-order valence-corrected chi connectivity index (χ1v) is 5.94. The van der Waals surface area contributed by atoms with Gasteiger partial charge in [-0.2, -0.15) is 0 Å². The molecule has 3 nitrogen and oxygen atoms in total. The number of rotatable bonds is 4. The van der Waals surface area contributed by atoms with Crippen LogP contribution in [-0.2, 0) is 4.79 Å². The number of hydrogen-bond acceptors (Lipinski definition) is 2. The zero-order chi connectivity index (χ0) is 13.1. The molecule has 0 heterocycles. The molecular formula is C13H18ClNO2. The lowest BCUT2D eigenvalue weighted by Crippen LogP contribution is -2.39. The van der Waals surface area contributed by atoms with E-state index in [9.17, 15) is 4.79 Å². The van der Waals surface area contributed by atoms with Crippen LogP contribution in [-0.4, -0.2) is 25.9 Å². The number of halogens is 1. The molecule has 1 amide bonds. The molecule has 4 heteroatoms. The van der Waals surface area contributed by atoms with Gasteiger partial charge in [0.2, 0.25) is 5.91 Å². The minimum atomic E-state index is -0.586. The average molecular weight is 256 g/mol. The summed E-state index contributed by atoms with van der Waals surface area (Å²) in [5.41, 5.74) is 0.162. The Morgan fingerprint density at radius 3 is 2.53 bits per heavy atom. The summed E-state index contributed by atoms with van der Waals surface area (Å²) < 4.78 is 5.24. The molecule has 0 radical (unpaired) electrons. The van der Waals surface area contributed by atoms with Crippen LogP contribution in [0, 0.1) is 5.41 Å². The SMILES string of the molecule is COc1ccccc1N(C)C(=O)C(C)(C)CCl. The number of carbonyl (C=O) groups is 1. The molecule has 0 unspecified atom stereocenters. The number of carbonyl (C=O) groups excluding carboxylic acids is 1. The molecule has 0 atom stereocenters. The standard InChI is InChI=1S/C13H18ClNO2/c1-13(2,9-14)12(16)15(3)10-7-5-6-8-11(10)17-4/h5-8H,9H2,1-4H3. The number of nitrogens with zero attached hydrogens (tertiary/aromatic N) is 1. The molecule has 0 bridgehead atoms. The predicted molar refractivity (Wildman–Crippen MR) is 70.9 cm³/mol. The van der Waals surface area contributed by atoms with Crippen LogP contribution in [0.3, 0.4) is 0 Å². The van der Waals surface area contributed by atoms with Crippen molar-refractivity contribution in [2.45, 2.75) is 13.8 Å². The van der Waals surface area contributed by atoms with Crippen molar-refractivity contribution < 1.29 is 9.53 Å². The highest BCUT2D eigenvalue weighted by atomic mass is 35.5. The quantitative estimate of drug-likeness (QED) is 0.775. The summed E-state index contributed by atoms with van der Waals surface area (Å²) in [5.74, 6) is 0.927. The van der Waals surface area contributed by atoms with E-state index < -0.39 is 5.41 Å². The molecule has 0 aromatic heterocycles. The number of methoxy groups -OCH3 is 1. The average Bonchev–Trinajstić information content (AvgIpc) is 2.36. The van der Waals surface area contributed by atoms with E-state index in [1.54, 1.807) is 19.1 Å². The maximum atomic E-state index is 12.3. The summed E-state index contributed by atoms with van der Waals surface area (Å²) >= 11 is 5.81. The molecule has 1 rings (SSSR count). The number of anilines is 1. The smallest absolute Gasteiger partial charge is 0.233 e. The Morgan fingerprint density at radius 1 is 1.41 bits per heavy atom. The van der Waals surface area contributed by atoms with E-state index in [0.717, 1.165) is 5.69 Å². The predicted octanol–water partition coefficient (Wildman–Crippen LogP) is 2.92. The van der Waals surface area contributed by atoms with Gasteiger partial charge in [0, 0.05) is 12.9 Å². The van der Waals surface area contributed by atoms with Gasteiger partial charge in [0.15, 0.2) is 0 Å². The van der Waals surface area contributed by atoms with Crippen molar-refractivity contribution >= 4 is 23.2 Å². The summed E-state index contributed by atoms with van der Waals surface area (Å²) in [6.07, 6.45) is 0. The van der Waals surface area contributed by atoms with Crippen molar-refractivity contribution in [3.63, 3.8) is 0 Å². The molecule has 0 saturated carbocycles. The fraction of sp³-hybridized carbons (Fsp3) is 0.462. The number of amides is 1. The van der Waals surface area contributed by atoms with Gasteiger partial charge in [-0.3, -0.25) is 4.79 Å². The zero-order valence-electron chi connectivity index (χ0n) is 10.7. The first-order valence-electron chi connectivity index (χ1n) is 5.41. The van der Waals surface area contributed by atoms with E-state index >= 15 is 0 Å². The lowest BCUT2D eigenvalue weighted by Gasteiger charge is -2.28. The molecule has 0 spiro atoms. The van der Waals surface area contributed by atoms with Crippen LogP contribution in [0.15, 0.2) is 24.3 Å². The molecule has 1 aromatic carbocycles. The third-order valence-electron chi connectivity index (χ3n) is 2.66. The molecule has 0 fully saturated rings. The van der Waals surface area contributed by atoms with Gasteiger partial charge in [0.05, 0.1) is 18.2 Å². The van der Waals surface area contributed by atoms with Crippen LogP contribution in [0.4, 0.5) is 5.69 Å². The Balaban J connectivity index is 3.04. The van der Waals surface area contributed by atoms with Crippen LogP contribution in [0.2, 0.25) is 0 Å². The summed E-state index contributed by atoms with van der Waals surface area (Å²) in [4.78, 5) is 13.8. The van der Waals surface area contributed by atoms with Crippen LogP contribution in [0.1, 0.15) is 13.8 Å². The molecule has 0 aliphatic heterocycles. The molecule has 1 aromatic rings. The highest BCUT2D eigenvalue weighted by molar-refractivity contribution is 6.20. The molecule has 0 aliphatic carbocycles. The second kappa shape index (κ2) is 5.41. The van der Waals surface area contributed by atoms with Gasteiger partial charge in [-0.1, -0.05) is 12.1 Å². The van der Waals surface area contributed by atoms with Gasteiger partial charge in [0.25, 0.3) is 0 Å². The third-order valence-corrected chi connectivity index (χ3v) is 3.33. The maximum Gasteiger partial charge on any atom is 0.233 e. The zero-order valence-corrected chi connectivity index (χ0v) is 11.4. The van der Waals surface area contributed by atoms with E-state index in [0.29, 0.717) is 5.75 Å². The van der Waals surface area contributed by atoms with Gasteiger partial charge in [-0.05, 0) is 26.0 Å². The summed E-state index contributed by atoms with van der Waals surface area (Å²) in [5, 5.41) is 0. The van der Waals surface area contributed by atoms with Crippen LogP contribution in [0.25, 0.3) is 0 Å². The normalized spacial score (nSPS) is 11.1. The largest absolute Gasteiger partial charge is 0.495 e. The monoisotopic (exact) mass is 255 g/mol. The minimum absolute atomic E-state index is 0.0306. The first kappa shape index (κ1) is 13.8. The Bertz CT molecular complexity index is 404. The van der Waals surface area contributed by atoms with E-state index in [4.69, 9.17) is 16.3 Å². The molecule has 0 saturated heterocycles. The molecule has 0 N–H and O–H groups in total. The van der Waals surface area contributed by atoms with Crippen molar-refractivity contribution in [2.75, 3.05) is 24.9 Å². The van der Waals surface area contributed by atoms with Gasteiger partial charge in [-0.25, -0.2) is 0 Å². The Kier molecular flexibility index (Phi) is 4.40. The lowest BCUT2D eigenvalue weighted by atomic mass is 9.94. The van der Waals surface area contributed by atoms with E-state index in [2.05, 4.69) is 0 Å². The van der Waals surface area contributed by atoms with Gasteiger partial charge in [-0.15, -0.1) is 11.6 Å². The number of para-hydroxylation sites is 2. The topological polar surface area (TPSA) is 29.5 Å². The summed E-state index contributed by atoms with van der Waals surface area (Å²) in [6, 6.07) is 7.41. The van der Waals surface area contributed by atoms with Crippen molar-refractivity contribution in [3.05, 3.63) is 24.3 Å². The van der Waals surface area contributed by atoms with Gasteiger partial charge in [0.1, 0.15) is 5.75 Å². The number of benzene rings is 1. The molecular weight excluding hydrogens is 238 g/mol. The second-order valence-electron chi connectivity index (χ2n) is 4.55. The van der Waals surface area contributed by atoms with Gasteiger partial charge >= 0.3 is 0 Å². The third kappa shape index (κ3) is 2.91. The van der Waals surface area contributed by atoms with Crippen molar-refractivity contribution in [1.29, 1.82) is 0 Å². The van der Waals surface area contributed by atoms with Crippen molar-refractivity contribution in [2.24, 2.45) is 5.41 Å². The number of alkyl halides is 1. The van der Waals surface area contributed by atoms with Crippen LogP contribution in [0.5, 0.6) is 5.75 Å². The van der Waals surface area contributed by atoms with Gasteiger partial charge < -0.3 is 9.64 Å². The maximum absolute atomic E-state index is 12.3. The van der Waals surface area contributed by atoms with Crippen molar-refractivity contribution in [3.8, 4) is 5.75 Å². The fourth-order valence-electron chi connectivity index (χ4n) is 1.53. The Hall–Kier alpha value is -1.22. The second-order valence-corrected chi connectivity index (χ2v) is 4.82. The van der Waals surface area contributed by atoms with Crippen molar-refractivity contribution in [1.82, 2.24) is 0 Å². The number of ether oxygens (including phenoxy) is 1. The van der Waals surface area contributed by atoms with Crippen LogP contribution >= 0.6 is 11.6 Å². The van der Waals surface area contributed by atoms with E-state index in [-0.39, 0.29) is 11.8 Å². The Labute approximate surface area is 107 Å². The minimum Gasteiger partial charge on any atom is -0.495 e. The highest BCUT2D eigenvalue weighted by Gasteiger charge is 2.31. The number of hydrogen-bond donors (Lipinski definition) is 0. The molecule has 94 valence electrons. The van der Waals surface area contributed by atoms with E-state index in [1.165, 1.54) is 0 Å².